The number of imide groups is 1. The zero-order valence-corrected chi connectivity index (χ0v) is 22.1. The van der Waals surface area contributed by atoms with Crippen LogP contribution in [0.2, 0.25) is 5.02 Å². The number of carbonyl (C=O) groups is 3. The van der Waals surface area contributed by atoms with E-state index < -0.39 is 0 Å². The van der Waals surface area contributed by atoms with Gasteiger partial charge in [-0.25, -0.2) is 0 Å². The highest BCUT2D eigenvalue weighted by atomic mass is 35.5. The Balaban J connectivity index is 1.38. The standard InChI is InChI=1S/C28H25ClN2O6S/c1-2-35-24-15-19(11-12-23(24)37-18-26(32)30-21-8-6-7-20(29)17-21)16-25-27(33)31(28(34)38-25)13-14-36-22-9-4-3-5-10-22/h3-12,15-17H,2,13-14,18H2,1H3,(H,30,32)/b25-16-. The van der Waals surface area contributed by atoms with E-state index in [2.05, 4.69) is 5.32 Å². The molecule has 0 spiro atoms. The second-order valence-corrected chi connectivity index (χ2v) is 9.41. The quantitative estimate of drug-likeness (QED) is 0.297. The second kappa shape index (κ2) is 13.0. The van der Waals surface area contributed by atoms with Gasteiger partial charge in [-0.15, -0.1) is 0 Å². The van der Waals surface area contributed by atoms with Crippen LogP contribution in [0.1, 0.15) is 12.5 Å². The smallest absolute Gasteiger partial charge is 0.293 e. The van der Waals surface area contributed by atoms with E-state index in [1.807, 2.05) is 37.3 Å². The number of nitrogens with zero attached hydrogens (tertiary/aromatic N) is 1. The number of carbonyl (C=O) groups excluding carboxylic acids is 3. The van der Waals surface area contributed by atoms with E-state index in [0.29, 0.717) is 45.0 Å². The van der Waals surface area contributed by atoms with Crippen LogP contribution in [0.3, 0.4) is 0 Å². The van der Waals surface area contributed by atoms with Crippen molar-refractivity contribution in [3.8, 4) is 17.2 Å². The predicted molar refractivity (Wildman–Crippen MR) is 148 cm³/mol. The molecule has 0 saturated carbocycles. The molecule has 8 nitrogen and oxygen atoms in total. The summed E-state index contributed by atoms with van der Waals surface area (Å²) >= 11 is 6.82. The van der Waals surface area contributed by atoms with Gasteiger partial charge in [0.25, 0.3) is 17.1 Å². The minimum Gasteiger partial charge on any atom is -0.492 e. The molecule has 0 atom stereocenters. The normalized spacial score (nSPS) is 14.1. The first-order valence-corrected chi connectivity index (χ1v) is 13.0. The summed E-state index contributed by atoms with van der Waals surface area (Å²) in [4.78, 5) is 39.0. The molecule has 0 radical (unpaired) electrons. The van der Waals surface area contributed by atoms with Crippen molar-refractivity contribution in [1.82, 2.24) is 4.90 Å². The van der Waals surface area contributed by atoms with E-state index >= 15 is 0 Å². The van der Waals surface area contributed by atoms with Crippen LogP contribution in [0, 0.1) is 0 Å². The van der Waals surface area contributed by atoms with Gasteiger partial charge in [-0.3, -0.25) is 19.3 Å². The van der Waals surface area contributed by atoms with Crippen LogP contribution < -0.4 is 19.5 Å². The molecule has 1 aliphatic heterocycles. The summed E-state index contributed by atoms with van der Waals surface area (Å²) < 4.78 is 17.0. The lowest BCUT2D eigenvalue weighted by molar-refractivity contribution is -0.123. The summed E-state index contributed by atoms with van der Waals surface area (Å²) in [5.74, 6) is 0.711. The van der Waals surface area contributed by atoms with Crippen molar-refractivity contribution in [2.45, 2.75) is 6.92 Å². The van der Waals surface area contributed by atoms with Crippen LogP contribution in [-0.4, -0.2) is 48.3 Å². The molecule has 3 aromatic carbocycles. The van der Waals surface area contributed by atoms with Crippen LogP contribution in [0.4, 0.5) is 10.5 Å². The summed E-state index contributed by atoms with van der Waals surface area (Å²) in [6.07, 6.45) is 1.63. The lowest BCUT2D eigenvalue weighted by atomic mass is 10.2. The van der Waals surface area contributed by atoms with Crippen LogP contribution >= 0.6 is 23.4 Å². The Bertz CT molecular complexity index is 1350. The summed E-state index contributed by atoms with van der Waals surface area (Å²) in [5, 5.41) is 2.87. The molecule has 3 amide bonds. The molecule has 1 fully saturated rings. The van der Waals surface area contributed by atoms with Crippen LogP contribution in [0.25, 0.3) is 6.08 Å². The Morgan fingerprint density at radius 3 is 2.55 bits per heavy atom. The summed E-state index contributed by atoms with van der Waals surface area (Å²) in [6.45, 7) is 2.29. The molecular weight excluding hydrogens is 528 g/mol. The molecule has 1 saturated heterocycles. The molecule has 3 aromatic rings. The maximum Gasteiger partial charge on any atom is 0.293 e. The molecule has 4 rings (SSSR count). The van der Waals surface area contributed by atoms with E-state index in [1.165, 1.54) is 4.90 Å². The number of thioether (sulfide) groups is 1. The van der Waals surface area contributed by atoms with E-state index in [9.17, 15) is 14.4 Å². The Morgan fingerprint density at radius 2 is 1.79 bits per heavy atom. The van der Waals surface area contributed by atoms with Gasteiger partial charge < -0.3 is 19.5 Å². The first-order chi connectivity index (χ1) is 18.4. The lowest BCUT2D eigenvalue weighted by Gasteiger charge is -2.13. The monoisotopic (exact) mass is 552 g/mol. The Kier molecular flexibility index (Phi) is 9.29. The topological polar surface area (TPSA) is 94.2 Å². The van der Waals surface area contributed by atoms with Gasteiger partial charge in [-0.05, 0) is 72.8 Å². The van der Waals surface area contributed by atoms with Gasteiger partial charge in [0.05, 0.1) is 18.1 Å². The number of anilines is 1. The molecule has 1 N–H and O–H groups in total. The van der Waals surface area contributed by atoms with Gasteiger partial charge in [0.15, 0.2) is 18.1 Å². The van der Waals surface area contributed by atoms with Crippen molar-refractivity contribution in [3.05, 3.63) is 88.3 Å². The van der Waals surface area contributed by atoms with E-state index in [-0.39, 0.29) is 36.8 Å². The van der Waals surface area contributed by atoms with Crippen LogP contribution in [0.5, 0.6) is 17.2 Å². The highest BCUT2D eigenvalue weighted by Crippen LogP contribution is 2.34. The fourth-order valence-electron chi connectivity index (χ4n) is 3.52. The lowest BCUT2D eigenvalue weighted by Crippen LogP contribution is -2.32. The largest absolute Gasteiger partial charge is 0.492 e. The average Bonchev–Trinajstić information content (AvgIpc) is 3.16. The molecule has 1 heterocycles. The SMILES string of the molecule is CCOc1cc(/C=C2\SC(=O)N(CCOc3ccccc3)C2=O)ccc1OCC(=O)Nc1cccc(Cl)c1. The number of hydrogen-bond acceptors (Lipinski definition) is 7. The minimum atomic E-state index is -0.382. The molecule has 196 valence electrons. The van der Waals surface area contributed by atoms with Crippen molar-refractivity contribution >= 4 is 52.2 Å². The summed E-state index contributed by atoms with van der Waals surface area (Å²) in [7, 11) is 0. The van der Waals surface area contributed by atoms with Gasteiger partial charge >= 0.3 is 0 Å². The third kappa shape index (κ3) is 7.30. The fourth-order valence-corrected chi connectivity index (χ4v) is 4.58. The molecule has 0 bridgehead atoms. The average molecular weight is 553 g/mol. The molecule has 38 heavy (non-hydrogen) atoms. The maximum atomic E-state index is 12.8. The molecule has 10 heteroatoms. The molecular formula is C28H25ClN2O6S. The highest BCUT2D eigenvalue weighted by Gasteiger charge is 2.34. The minimum absolute atomic E-state index is 0.144. The number of amides is 3. The molecule has 0 unspecified atom stereocenters. The number of halogens is 1. The number of hydrogen-bond donors (Lipinski definition) is 1. The fraction of sp³-hybridized carbons (Fsp3) is 0.179. The van der Waals surface area contributed by atoms with Gasteiger partial charge in [0.1, 0.15) is 12.4 Å². The Morgan fingerprint density at radius 1 is 0.974 bits per heavy atom. The first-order valence-electron chi connectivity index (χ1n) is 11.8. The summed E-state index contributed by atoms with van der Waals surface area (Å²) in [5.41, 5.74) is 1.21. The van der Waals surface area contributed by atoms with Gasteiger partial charge in [0, 0.05) is 10.7 Å². The van der Waals surface area contributed by atoms with E-state index in [4.69, 9.17) is 25.8 Å². The third-order valence-electron chi connectivity index (χ3n) is 5.23. The van der Waals surface area contributed by atoms with E-state index in [1.54, 1.807) is 48.5 Å². The molecule has 1 aliphatic rings. The molecule has 0 aliphatic carbocycles. The molecule has 0 aromatic heterocycles. The highest BCUT2D eigenvalue weighted by molar-refractivity contribution is 8.18. The first kappa shape index (κ1) is 27.1. The number of para-hydroxylation sites is 1. The number of benzene rings is 3. The number of nitrogens with one attached hydrogen (secondary N) is 1. The zero-order chi connectivity index (χ0) is 26.9. The predicted octanol–water partition coefficient (Wildman–Crippen LogP) is 5.87. The zero-order valence-electron chi connectivity index (χ0n) is 20.5. The van der Waals surface area contributed by atoms with Crippen molar-refractivity contribution in [2.75, 3.05) is 31.7 Å². The second-order valence-electron chi connectivity index (χ2n) is 7.98. The van der Waals surface area contributed by atoms with Crippen molar-refractivity contribution in [1.29, 1.82) is 0 Å². The van der Waals surface area contributed by atoms with Gasteiger partial charge in [-0.1, -0.05) is 41.9 Å². The van der Waals surface area contributed by atoms with Crippen molar-refractivity contribution < 1.29 is 28.6 Å². The van der Waals surface area contributed by atoms with E-state index in [0.717, 1.165) is 11.8 Å². The maximum absolute atomic E-state index is 12.8. The Hall–Kier alpha value is -3.95. The summed E-state index contributed by atoms with van der Waals surface area (Å²) in [6, 6.07) is 21.1. The van der Waals surface area contributed by atoms with Crippen LogP contribution in [-0.2, 0) is 9.59 Å². The third-order valence-corrected chi connectivity index (χ3v) is 6.38. The number of rotatable bonds is 11. The van der Waals surface area contributed by atoms with Gasteiger partial charge in [-0.2, -0.15) is 0 Å². The van der Waals surface area contributed by atoms with Crippen LogP contribution in [0.15, 0.2) is 77.7 Å². The van der Waals surface area contributed by atoms with Crippen molar-refractivity contribution in [3.63, 3.8) is 0 Å². The van der Waals surface area contributed by atoms with Crippen molar-refractivity contribution in [2.24, 2.45) is 0 Å². The Labute approximate surface area is 229 Å². The van der Waals surface area contributed by atoms with Gasteiger partial charge in [0.2, 0.25) is 0 Å². The number of ether oxygens (including phenoxy) is 3.